The Morgan fingerprint density at radius 1 is 1.44 bits per heavy atom. The molecule has 1 aliphatic rings. The molecule has 16 heavy (non-hydrogen) atoms. The SMILES string of the molecule is CC1=CCCC(C)(C)C1/C=C/C(C)C(C)O. The van der Waals surface area contributed by atoms with Gasteiger partial charge in [-0.05, 0) is 38.0 Å². The lowest BCUT2D eigenvalue weighted by atomic mass is 9.68. The molecule has 0 radical (unpaired) electrons. The molecule has 0 saturated carbocycles. The van der Waals surface area contributed by atoms with Gasteiger partial charge in [0.2, 0.25) is 0 Å². The van der Waals surface area contributed by atoms with Gasteiger partial charge in [0.05, 0.1) is 6.10 Å². The highest BCUT2D eigenvalue weighted by Crippen LogP contribution is 2.41. The van der Waals surface area contributed by atoms with Crippen LogP contribution in [0.25, 0.3) is 0 Å². The Bertz CT molecular complexity index is 284. The Morgan fingerprint density at radius 2 is 2.06 bits per heavy atom. The molecule has 0 aromatic carbocycles. The van der Waals surface area contributed by atoms with Gasteiger partial charge >= 0.3 is 0 Å². The van der Waals surface area contributed by atoms with E-state index in [1.807, 2.05) is 6.92 Å². The number of aliphatic hydroxyl groups excluding tert-OH is 1. The van der Waals surface area contributed by atoms with Crippen LogP contribution in [0.3, 0.4) is 0 Å². The molecule has 0 saturated heterocycles. The normalized spacial score (nSPS) is 28.9. The fraction of sp³-hybridized carbons (Fsp3) is 0.733. The Labute approximate surface area is 100 Å². The standard InChI is InChI=1S/C15H26O/c1-11(13(3)16)8-9-14-12(2)7-6-10-15(14,4)5/h7-9,11,13-14,16H,6,10H2,1-5H3/b9-8+. The van der Waals surface area contributed by atoms with E-state index in [0.717, 1.165) is 0 Å². The van der Waals surface area contributed by atoms with Gasteiger partial charge in [-0.2, -0.15) is 0 Å². The number of aliphatic hydroxyl groups is 1. The monoisotopic (exact) mass is 222 g/mol. The van der Waals surface area contributed by atoms with Gasteiger partial charge in [-0.15, -0.1) is 0 Å². The van der Waals surface area contributed by atoms with Crippen LogP contribution in [0.2, 0.25) is 0 Å². The van der Waals surface area contributed by atoms with Crippen LogP contribution < -0.4 is 0 Å². The summed E-state index contributed by atoms with van der Waals surface area (Å²) in [5, 5.41) is 9.48. The summed E-state index contributed by atoms with van der Waals surface area (Å²) in [6, 6.07) is 0. The fourth-order valence-corrected chi connectivity index (χ4v) is 2.43. The summed E-state index contributed by atoms with van der Waals surface area (Å²) in [7, 11) is 0. The molecule has 1 aliphatic carbocycles. The number of hydrogen-bond donors (Lipinski definition) is 1. The zero-order valence-corrected chi connectivity index (χ0v) is 11.3. The fourth-order valence-electron chi connectivity index (χ4n) is 2.43. The van der Waals surface area contributed by atoms with Crippen molar-refractivity contribution in [2.45, 2.75) is 53.6 Å². The third kappa shape index (κ3) is 3.21. The topological polar surface area (TPSA) is 20.2 Å². The highest BCUT2D eigenvalue weighted by Gasteiger charge is 2.30. The summed E-state index contributed by atoms with van der Waals surface area (Å²) in [5.41, 5.74) is 1.83. The molecule has 0 aromatic heterocycles. The lowest BCUT2D eigenvalue weighted by molar-refractivity contribution is 0.156. The Morgan fingerprint density at radius 3 is 2.56 bits per heavy atom. The molecule has 1 heteroatoms. The number of hydrogen-bond acceptors (Lipinski definition) is 1. The minimum Gasteiger partial charge on any atom is -0.393 e. The van der Waals surface area contributed by atoms with Gasteiger partial charge in [-0.1, -0.05) is 44.6 Å². The van der Waals surface area contributed by atoms with E-state index in [2.05, 4.69) is 45.9 Å². The zero-order chi connectivity index (χ0) is 12.3. The molecule has 0 heterocycles. The number of rotatable bonds is 3. The van der Waals surface area contributed by atoms with Gasteiger partial charge in [0, 0.05) is 5.92 Å². The van der Waals surface area contributed by atoms with Crippen molar-refractivity contribution in [1.82, 2.24) is 0 Å². The van der Waals surface area contributed by atoms with Crippen molar-refractivity contribution in [3.05, 3.63) is 23.8 Å². The molecule has 0 fully saturated rings. The van der Waals surface area contributed by atoms with E-state index in [4.69, 9.17) is 0 Å². The molecule has 3 atom stereocenters. The van der Waals surface area contributed by atoms with Crippen molar-refractivity contribution < 1.29 is 5.11 Å². The van der Waals surface area contributed by atoms with E-state index >= 15 is 0 Å². The van der Waals surface area contributed by atoms with Crippen molar-refractivity contribution in [3.8, 4) is 0 Å². The molecule has 1 rings (SSSR count). The van der Waals surface area contributed by atoms with Gasteiger partial charge in [0.1, 0.15) is 0 Å². The molecule has 0 spiro atoms. The summed E-state index contributed by atoms with van der Waals surface area (Å²) in [4.78, 5) is 0. The van der Waals surface area contributed by atoms with Gasteiger partial charge in [0.25, 0.3) is 0 Å². The van der Waals surface area contributed by atoms with Crippen LogP contribution in [0.4, 0.5) is 0 Å². The average molecular weight is 222 g/mol. The van der Waals surface area contributed by atoms with Crippen LogP contribution in [0.15, 0.2) is 23.8 Å². The van der Waals surface area contributed by atoms with Crippen LogP contribution in [0, 0.1) is 17.3 Å². The molecular formula is C15H26O. The van der Waals surface area contributed by atoms with E-state index in [1.54, 1.807) is 0 Å². The Kier molecular flexibility index (Phi) is 4.37. The molecule has 3 unspecified atom stereocenters. The third-order valence-corrected chi connectivity index (χ3v) is 3.96. The molecule has 0 aliphatic heterocycles. The van der Waals surface area contributed by atoms with Crippen LogP contribution in [0.1, 0.15) is 47.5 Å². The molecule has 0 bridgehead atoms. The molecule has 1 nitrogen and oxygen atoms in total. The lowest BCUT2D eigenvalue weighted by Gasteiger charge is -2.37. The highest BCUT2D eigenvalue weighted by atomic mass is 16.3. The first-order valence-corrected chi connectivity index (χ1v) is 6.37. The first kappa shape index (κ1) is 13.5. The van der Waals surface area contributed by atoms with Crippen molar-refractivity contribution in [3.63, 3.8) is 0 Å². The Hall–Kier alpha value is -0.560. The number of allylic oxidation sites excluding steroid dienone is 3. The van der Waals surface area contributed by atoms with Gasteiger partial charge in [-0.25, -0.2) is 0 Å². The minimum atomic E-state index is -0.257. The van der Waals surface area contributed by atoms with Crippen LogP contribution >= 0.6 is 0 Å². The van der Waals surface area contributed by atoms with Crippen molar-refractivity contribution in [1.29, 1.82) is 0 Å². The second kappa shape index (κ2) is 5.18. The van der Waals surface area contributed by atoms with Gasteiger partial charge in [0.15, 0.2) is 0 Å². The predicted molar refractivity (Wildman–Crippen MR) is 70.2 cm³/mol. The van der Waals surface area contributed by atoms with Crippen LogP contribution in [-0.4, -0.2) is 11.2 Å². The second-order valence-electron chi connectivity index (χ2n) is 5.94. The summed E-state index contributed by atoms with van der Waals surface area (Å²) in [5.74, 6) is 0.771. The maximum absolute atomic E-state index is 9.48. The van der Waals surface area contributed by atoms with Crippen LogP contribution in [-0.2, 0) is 0 Å². The maximum Gasteiger partial charge on any atom is 0.0572 e. The second-order valence-corrected chi connectivity index (χ2v) is 5.94. The quantitative estimate of drug-likeness (QED) is 0.717. The zero-order valence-electron chi connectivity index (χ0n) is 11.3. The molecule has 1 N–H and O–H groups in total. The van der Waals surface area contributed by atoms with Crippen LogP contribution in [0.5, 0.6) is 0 Å². The largest absolute Gasteiger partial charge is 0.393 e. The van der Waals surface area contributed by atoms with E-state index in [0.29, 0.717) is 11.3 Å². The van der Waals surface area contributed by atoms with E-state index in [-0.39, 0.29) is 12.0 Å². The smallest absolute Gasteiger partial charge is 0.0572 e. The van der Waals surface area contributed by atoms with Gasteiger partial charge in [-0.3, -0.25) is 0 Å². The highest BCUT2D eigenvalue weighted by molar-refractivity contribution is 5.19. The molecule has 0 aromatic rings. The molecule has 0 amide bonds. The van der Waals surface area contributed by atoms with Crippen molar-refractivity contribution in [2.24, 2.45) is 17.3 Å². The maximum atomic E-state index is 9.48. The summed E-state index contributed by atoms with van der Waals surface area (Å²) < 4.78 is 0. The van der Waals surface area contributed by atoms with E-state index < -0.39 is 0 Å². The first-order valence-electron chi connectivity index (χ1n) is 6.37. The summed E-state index contributed by atoms with van der Waals surface area (Å²) in [6.45, 7) is 10.8. The minimum absolute atomic E-state index is 0.241. The van der Waals surface area contributed by atoms with Crippen molar-refractivity contribution in [2.75, 3.05) is 0 Å². The lowest BCUT2D eigenvalue weighted by Crippen LogP contribution is -2.26. The van der Waals surface area contributed by atoms with Gasteiger partial charge < -0.3 is 5.11 Å². The van der Waals surface area contributed by atoms with E-state index in [1.165, 1.54) is 18.4 Å². The molecule has 92 valence electrons. The molecular weight excluding hydrogens is 196 g/mol. The predicted octanol–water partition coefficient (Wildman–Crippen LogP) is 3.94. The van der Waals surface area contributed by atoms with Crippen molar-refractivity contribution >= 4 is 0 Å². The average Bonchev–Trinajstić information content (AvgIpc) is 2.15. The third-order valence-electron chi connectivity index (χ3n) is 3.96. The summed E-state index contributed by atoms with van der Waals surface area (Å²) in [6.07, 6.45) is 9.01. The Balaban J connectivity index is 2.77. The van der Waals surface area contributed by atoms with E-state index in [9.17, 15) is 5.11 Å². The first-order chi connectivity index (χ1) is 7.34. The summed E-state index contributed by atoms with van der Waals surface area (Å²) >= 11 is 0.